The molecule has 1 N–H and O–H groups in total. The van der Waals surface area contributed by atoms with Crippen molar-refractivity contribution in [3.05, 3.63) is 47.9 Å². The Morgan fingerprint density at radius 3 is 2.44 bits per heavy atom. The number of furan rings is 1. The fraction of sp³-hybridized carbons (Fsp3) is 0.565. The molecule has 4 nitrogen and oxygen atoms in total. The molecule has 0 spiro atoms. The molecule has 2 rings (SSSR count). The maximum absolute atomic E-state index is 5.78. The van der Waals surface area contributed by atoms with Crippen LogP contribution in [-0.2, 0) is 6.54 Å². The van der Waals surface area contributed by atoms with Gasteiger partial charge in [0.15, 0.2) is 11.5 Å². The molecule has 1 aromatic heterocycles. The second kappa shape index (κ2) is 11.0. The minimum atomic E-state index is 0.132. The molecular weight excluding hydrogens is 338 g/mol. The minimum Gasteiger partial charge on any atom is -0.493 e. The second-order valence-electron chi connectivity index (χ2n) is 7.80. The average Bonchev–Trinajstić information content (AvgIpc) is 3.16. The van der Waals surface area contributed by atoms with Gasteiger partial charge in [0.2, 0.25) is 0 Å². The number of nitrogens with one attached hydrogen (secondary N) is 1. The smallest absolute Gasteiger partial charge is 0.161 e. The van der Waals surface area contributed by atoms with Gasteiger partial charge in [-0.05, 0) is 69.0 Å². The van der Waals surface area contributed by atoms with Crippen LogP contribution in [0, 0.1) is 5.92 Å². The summed E-state index contributed by atoms with van der Waals surface area (Å²) in [6, 6.07) is 10.2. The van der Waals surface area contributed by atoms with Crippen LogP contribution in [0.1, 0.15) is 64.2 Å². The molecule has 0 aliphatic rings. The number of ether oxygens (including phenoxy) is 2. The van der Waals surface area contributed by atoms with Crippen molar-refractivity contribution in [2.45, 2.75) is 65.5 Å². The molecule has 0 bridgehead atoms. The van der Waals surface area contributed by atoms with Crippen molar-refractivity contribution >= 4 is 0 Å². The summed E-state index contributed by atoms with van der Waals surface area (Å²) in [7, 11) is 1.68. The monoisotopic (exact) mass is 373 g/mol. The number of rotatable bonds is 12. The SMILES string of the molecule is COc1cc(CNCCC(CCC(C)C)c2ccco2)ccc1OC(C)C. The number of benzene rings is 1. The van der Waals surface area contributed by atoms with Crippen molar-refractivity contribution in [2.24, 2.45) is 5.92 Å². The molecule has 0 radical (unpaired) electrons. The van der Waals surface area contributed by atoms with Crippen LogP contribution in [0.15, 0.2) is 41.0 Å². The van der Waals surface area contributed by atoms with Crippen LogP contribution in [0.25, 0.3) is 0 Å². The van der Waals surface area contributed by atoms with E-state index in [0.717, 1.165) is 42.7 Å². The van der Waals surface area contributed by atoms with Gasteiger partial charge in [0, 0.05) is 12.5 Å². The maximum Gasteiger partial charge on any atom is 0.161 e. The van der Waals surface area contributed by atoms with E-state index in [1.54, 1.807) is 13.4 Å². The molecule has 0 saturated carbocycles. The van der Waals surface area contributed by atoms with Gasteiger partial charge >= 0.3 is 0 Å². The largest absolute Gasteiger partial charge is 0.493 e. The van der Waals surface area contributed by atoms with Gasteiger partial charge in [0.1, 0.15) is 5.76 Å². The van der Waals surface area contributed by atoms with E-state index in [1.165, 1.54) is 18.4 Å². The summed E-state index contributed by atoms with van der Waals surface area (Å²) < 4.78 is 16.9. The minimum absolute atomic E-state index is 0.132. The lowest BCUT2D eigenvalue weighted by atomic mass is 9.93. The first kappa shape index (κ1) is 21.4. The standard InChI is InChI=1S/C23H35NO3/c1-17(2)8-10-20(21-7-6-14-26-21)12-13-24-16-19-9-11-22(27-18(3)4)23(15-19)25-5/h6-7,9,11,14-15,17-18,20,24H,8,10,12-13,16H2,1-5H3. The molecule has 1 heterocycles. The first-order chi connectivity index (χ1) is 13.0. The van der Waals surface area contributed by atoms with Crippen LogP contribution >= 0.6 is 0 Å². The van der Waals surface area contributed by atoms with E-state index in [-0.39, 0.29) is 6.10 Å². The third-order valence-corrected chi connectivity index (χ3v) is 4.63. The molecule has 0 fully saturated rings. The average molecular weight is 374 g/mol. The molecule has 0 aliphatic carbocycles. The molecule has 1 atom stereocenters. The molecule has 1 aromatic carbocycles. The maximum atomic E-state index is 5.78. The summed E-state index contributed by atoms with van der Waals surface area (Å²) in [5.41, 5.74) is 1.19. The van der Waals surface area contributed by atoms with Crippen LogP contribution in [0.4, 0.5) is 0 Å². The van der Waals surface area contributed by atoms with Crippen LogP contribution in [-0.4, -0.2) is 19.8 Å². The van der Waals surface area contributed by atoms with Crippen LogP contribution in [0.3, 0.4) is 0 Å². The van der Waals surface area contributed by atoms with Crippen molar-refractivity contribution in [1.29, 1.82) is 0 Å². The highest BCUT2D eigenvalue weighted by Gasteiger charge is 2.15. The van der Waals surface area contributed by atoms with E-state index in [2.05, 4.69) is 31.3 Å². The van der Waals surface area contributed by atoms with E-state index >= 15 is 0 Å². The number of methoxy groups -OCH3 is 1. The Bertz CT molecular complexity index is 650. The molecule has 2 aromatic rings. The summed E-state index contributed by atoms with van der Waals surface area (Å²) >= 11 is 0. The van der Waals surface area contributed by atoms with Crippen molar-refractivity contribution in [2.75, 3.05) is 13.7 Å². The van der Waals surface area contributed by atoms with Crippen molar-refractivity contribution in [1.82, 2.24) is 5.32 Å². The lowest BCUT2D eigenvalue weighted by Gasteiger charge is -2.17. The summed E-state index contributed by atoms with van der Waals surface area (Å²) in [5.74, 6) is 3.88. The topological polar surface area (TPSA) is 43.6 Å². The molecular formula is C23H35NO3. The van der Waals surface area contributed by atoms with E-state index in [0.29, 0.717) is 5.92 Å². The highest BCUT2D eigenvalue weighted by molar-refractivity contribution is 5.43. The Hall–Kier alpha value is -1.94. The second-order valence-corrected chi connectivity index (χ2v) is 7.80. The summed E-state index contributed by atoms with van der Waals surface area (Å²) in [6.45, 7) is 10.4. The van der Waals surface area contributed by atoms with Crippen LogP contribution in [0.2, 0.25) is 0 Å². The summed E-state index contributed by atoms with van der Waals surface area (Å²) in [4.78, 5) is 0. The van der Waals surface area contributed by atoms with E-state index in [9.17, 15) is 0 Å². The van der Waals surface area contributed by atoms with Gasteiger partial charge < -0.3 is 19.2 Å². The lowest BCUT2D eigenvalue weighted by molar-refractivity contribution is 0.230. The van der Waals surface area contributed by atoms with Gasteiger partial charge in [-0.3, -0.25) is 0 Å². The Kier molecular flexibility index (Phi) is 8.73. The molecule has 0 aliphatic heterocycles. The zero-order valence-corrected chi connectivity index (χ0v) is 17.5. The Balaban J connectivity index is 1.85. The first-order valence-electron chi connectivity index (χ1n) is 10.1. The van der Waals surface area contributed by atoms with Gasteiger partial charge in [-0.1, -0.05) is 26.3 Å². The fourth-order valence-corrected chi connectivity index (χ4v) is 3.17. The third kappa shape index (κ3) is 7.30. The molecule has 150 valence electrons. The zero-order chi connectivity index (χ0) is 19.6. The van der Waals surface area contributed by atoms with Crippen LogP contribution in [0.5, 0.6) is 11.5 Å². The predicted molar refractivity (Wildman–Crippen MR) is 111 cm³/mol. The Morgan fingerprint density at radius 2 is 1.81 bits per heavy atom. The molecule has 0 saturated heterocycles. The van der Waals surface area contributed by atoms with Gasteiger partial charge in [0.05, 0.1) is 19.5 Å². The number of hydrogen-bond acceptors (Lipinski definition) is 4. The van der Waals surface area contributed by atoms with Crippen molar-refractivity contribution < 1.29 is 13.9 Å². The van der Waals surface area contributed by atoms with Gasteiger partial charge in [0.25, 0.3) is 0 Å². The molecule has 4 heteroatoms. The normalized spacial score (nSPS) is 12.6. The van der Waals surface area contributed by atoms with Gasteiger partial charge in [-0.2, -0.15) is 0 Å². The first-order valence-corrected chi connectivity index (χ1v) is 10.1. The molecule has 1 unspecified atom stereocenters. The summed E-state index contributed by atoms with van der Waals surface area (Å²) in [6.07, 6.45) is 5.37. The van der Waals surface area contributed by atoms with E-state index < -0.39 is 0 Å². The Labute approximate surface area is 164 Å². The Morgan fingerprint density at radius 1 is 1.00 bits per heavy atom. The predicted octanol–water partition coefficient (Wildman–Crippen LogP) is 5.78. The number of hydrogen-bond donors (Lipinski definition) is 1. The van der Waals surface area contributed by atoms with Crippen molar-refractivity contribution in [3.63, 3.8) is 0 Å². The summed E-state index contributed by atoms with van der Waals surface area (Å²) in [5, 5.41) is 3.56. The van der Waals surface area contributed by atoms with Crippen LogP contribution < -0.4 is 14.8 Å². The highest BCUT2D eigenvalue weighted by atomic mass is 16.5. The lowest BCUT2D eigenvalue weighted by Crippen LogP contribution is -2.17. The van der Waals surface area contributed by atoms with Gasteiger partial charge in [-0.25, -0.2) is 0 Å². The van der Waals surface area contributed by atoms with Crippen molar-refractivity contribution in [3.8, 4) is 11.5 Å². The van der Waals surface area contributed by atoms with E-state index in [4.69, 9.17) is 13.9 Å². The third-order valence-electron chi connectivity index (χ3n) is 4.63. The fourth-order valence-electron chi connectivity index (χ4n) is 3.17. The van der Waals surface area contributed by atoms with E-state index in [1.807, 2.05) is 32.0 Å². The molecule has 0 amide bonds. The highest BCUT2D eigenvalue weighted by Crippen LogP contribution is 2.29. The molecule has 27 heavy (non-hydrogen) atoms. The quantitative estimate of drug-likeness (QED) is 0.479. The zero-order valence-electron chi connectivity index (χ0n) is 17.5. The van der Waals surface area contributed by atoms with Gasteiger partial charge in [-0.15, -0.1) is 0 Å².